The second-order valence-electron chi connectivity index (χ2n) is 5.22. The summed E-state index contributed by atoms with van der Waals surface area (Å²) in [6.07, 6.45) is 5.20. The quantitative estimate of drug-likeness (QED) is 0.615. The Labute approximate surface area is 128 Å². The Hall–Kier alpha value is -1.26. The summed E-state index contributed by atoms with van der Waals surface area (Å²) in [6, 6.07) is 5.51. The summed E-state index contributed by atoms with van der Waals surface area (Å²) in [5.74, 6) is 1.40. The van der Waals surface area contributed by atoms with Gasteiger partial charge < -0.3 is 19.9 Å². The van der Waals surface area contributed by atoms with E-state index < -0.39 is 6.10 Å². The molecule has 0 fully saturated rings. The topological polar surface area (TPSA) is 50.7 Å². The Morgan fingerprint density at radius 2 is 1.90 bits per heavy atom. The molecule has 1 rings (SSSR count). The highest BCUT2D eigenvalue weighted by molar-refractivity contribution is 5.41. The molecule has 4 nitrogen and oxygen atoms in total. The van der Waals surface area contributed by atoms with Crippen molar-refractivity contribution in [2.24, 2.45) is 0 Å². The van der Waals surface area contributed by atoms with Crippen molar-refractivity contribution < 1.29 is 14.6 Å². The number of aliphatic hydroxyl groups excluding tert-OH is 1. The van der Waals surface area contributed by atoms with Crippen LogP contribution in [0.4, 0.5) is 0 Å². The highest BCUT2D eigenvalue weighted by Crippen LogP contribution is 2.30. The molecule has 0 amide bonds. The molecule has 0 spiro atoms. The van der Waals surface area contributed by atoms with Gasteiger partial charge in [-0.15, -0.1) is 0 Å². The van der Waals surface area contributed by atoms with Crippen LogP contribution < -0.4 is 14.8 Å². The van der Waals surface area contributed by atoms with Gasteiger partial charge in [-0.25, -0.2) is 0 Å². The number of unbranched alkanes of at least 4 members (excludes halogenated alkanes) is 3. The molecule has 2 N–H and O–H groups in total. The van der Waals surface area contributed by atoms with Crippen LogP contribution in [0.3, 0.4) is 0 Å². The fourth-order valence-corrected chi connectivity index (χ4v) is 2.29. The Balaban J connectivity index is 2.36. The van der Waals surface area contributed by atoms with E-state index in [1.165, 1.54) is 25.7 Å². The molecule has 21 heavy (non-hydrogen) atoms. The molecular formula is C17H29NO3. The number of rotatable bonds is 11. The predicted molar refractivity (Wildman–Crippen MR) is 86.1 cm³/mol. The van der Waals surface area contributed by atoms with E-state index >= 15 is 0 Å². The minimum Gasteiger partial charge on any atom is -0.497 e. The van der Waals surface area contributed by atoms with Gasteiger partial charge in [0, 0.05) is 11.6 Å². The van der Waals surface area contributed by atoms with E-state index in [4.69, 9.17) is 9.47 Å². The summed E-state index contributed by atoms with van der Waals surface area (Å²) < 4.78 is 10.5. The average molecular weight is 295 g/mol. The highest BCUT2D eigenvalue weighted by atomic mass is 16.5. The number of nitrogens with one attached hydrogen (secondary N) is 1. The van der Waals surface area contributed by atoms with Crippen molar-refractivity contribution in [1.82, 2.24) is 5.32 Å². The number of hydrogen-bond acceptors (Lipinski definition) is 4. The maximum absolute atomic E-state index is 10.3. The standard InChI is InChI=1S/C17H29NO3/c1-4-5-6-7-11-18-12-10-16(19)15-9-8-14(20-2)13-17(15)21-3/h8-9,13,16,18-19H,4-7,10-12H2,1-3H3. The van der Waals surface area contributed by atoms with Gasteiger partial charge in [-0.1, -0.05) is 26.2 Å². The summed E-state index contributed by atoms with van der Waals surface area (Å²) in [6.45, 7) is 4.04. The predicted octanol–water partition coefficient (Wildman–Crippen LogP) is 3.30. The maximum atomic E-state index is 10.3. The molecule has 120 valence electrons. The van der Waals surface area contributed by atoms with Gasteiger partial charge >= 0.3 is 0 Å². The van der Waals surface area contributed by atoms with E-state index in [1.807, 2.05) is 12.1 Å². The number of aliphatic hydroxyl groups is 1. The summed E-state index contributed by atoms with van der Waals surface area (Å²) in [5.41, 5.74) is 0.811. The summed E-state index contributed by atoms with van der Waals surface area (Å²) in [7, 11) is 3.23. The second-order valence-corrected chi connectivity index (χ2v) is 5.22. The molecule has 0 aliphatic heterocycles. The molecule has 1 aromatic rings. The Morgan fingerprint density at radius 3 is 2.57 bits per heavy atom. The van der Waals surface area contributed by atoms with Crippen molar-refractivity contribution >= 4 is 0 Å². The van der Waals surface area contributed by atoms with Gasteiger partial charge in [0.15, 0.2) is 0 Å². The zero-order chi connectivity index (χ0) is 15.5. The van der Waals surface area contributed by atoms with E-state index in [-0.39, 0.29) is 0 Å². The van der Waals surface area contributed by atoms with Crippen LogP contribution in [0.1, 0.15) is 50.7 Å². The summed E-state index contributed by atoms with van der Waals surface area (Å²) in [4.78, 5) is 0. The molecule has 0 heterocycles. The maximum Gasteiger partial charge on any atom is 0.128 e. The van der Waals surface area contributed by atoms with Crippen molar-refractivity contribution in [3.63, 3.8) is 0 Å². The molecule has 1 atom stereocenters. The lowest BCUT2D eigenvalue weighted by Gasteiger charge is -2.16. The van der Waals surface area contributed by atoms with Crippen LogP contribution in [-0.2, 0) is 0 Å². The van der Waals surface area contributed by atoms with Crippen LogP contribution in [0, 0.1) is 0 Å². The van der Waals surface area contributed by atoms with Gasteiger partial charge in [-0.3, -0.25) is 0 Å². The van der Waals surface area contributed by atoms with Crippen LogP contribution in [-0.4, -0.2) is 32.4 Å². The van der Waals surface area contributed by atoms with Crippen LogP contribution in [0.2, 0.25) is 0 Å². The number of ether oxygens (including phenoxy) is 2. The van der Waals surface area contributed by atoms with Gasteiger partial charge in [-0.2, -0.15) is 0 Å². The SMILES string of the molecule is CCCCCCNCCC(O)c1ccc(OC)cc1OC. The number of methoxy groups -OCH3 is 2. The van der Waals surface area contributed by atoms with Crippen LogP contribution in [0.15, 0.2) is 18.2 Å². The molecule has 0 bridgehead atoms. The molecule has 1 aromatic carbocycles. The first-order valence-corrected chi connectivity index (χ1v) is 7.83. The molecule has 0 aromatic heterocycles. The summed E-state index contributed by atoms with van der Waals surface area (Å²) in [5, 5.41) is 13.7. The third-order valence-corrected chi connectivity index (χ3v) is 3.60. The van der Waals surface area contributed by atoms with Gasteiger partial charge in [-0.05, 0) is 38.1 Å². The lowest BCUT2D eigenvalue weighted by molar-refractivity contribution is 0.162. The molecule has 0 aliphatic carbocycles. The van der Waals surface area contributed by atoms with Crippen molar-refractivity contribution in [3.8, 4) is 11.5 Å². The minimum atomic E-state index is -0.519. The van der Waals surface area contributed by atoms with Gasteiger partial charge in [0.1, 0.15) is 11.5 Å². The van der Waals surface area contributed by atoms with E-state index in [1.54, 1.807) is 20.3 Å². The lowest BCUT2D eigenvalue weighted by Crippen LogP contribution is -2.19. The minimum absolute atomic E-state index is 0.519. The first-order chi connectivity index (χ1) is 10.2. The zero-order valence-electron chi connectivity index (χ0n) is 13.5. The lowest BCUT2D eigenvalue weighted by atomic mass is 10.0. The Morgan fingerprint density at radius 1 is 1.10 bits per heavy atom. The second kappa shape index (κ2) is 10.5. The van der Waals surface area contributed by atoms with Crippen molar-refractivity contribution in [2.75, 3.05) is 27.3 Å². The third kappa shape index (κ3) is 6.36. The van der Waals surface area contributed by atoms with Crippen LogP contribution >= 0.6 is 0 Å². The number of hydrogen-bond donors (Lipinski definition) is 2. The molecule has 0 radical (unpaired) electrons. The molecular weight excluding hydrogens is 266 g/mol. The van der Waals surface area contributed by atoms with Crippen molar-refractivity contribution in [2.45, 2.75) is 45.1 Å². The van der Waals surface area contributed by atoms with Crippen LogP contribution in [0.5, 0.6) is 11.5 Å². The normalized spacial score (nSPS) is 12.2. The molecule has 4 heteroatoms. The van der Waals surface area contributed by atoms with Crippen molar-refractivity contribution in [1.29, 1.82) is 0 Å². The third-order valence-electron chi connectivity index (χ3n) is 3.60. The van der Waals surface area contributed by atoms with E-state index in [2.05, 4.69) is 12.2 Å². The zero-order valence-corrected chi connectivity index (χ0v) is 13.5. The summed E-state index contributed by atoms with van der Waals surface area (Å²) >= 11 is 0. The first kappa shape index (κ1) is 17.8. The van der Waals surface area contributed by atoms with E-state index in [9.17, 15) is 5.11 Å². The molecule has 0 saturated carbocycles. The smallest absolute Gasteiger partial charge is 0.128 e. The largest absolute Gasteiger partial charge is 0.497 e. The van der Waals surface area contributed by atoms with Gasteiger partial charge in [0.25, 0.3) is 0 Å². The van der Waals surface area contributed by atoms with E-state index in [0.717, 1.165) is 24.4 Å². The Bertz CT molecular complexity index is 396. The Kier molecular flexibility index (Phi) is 8.87. The van der Waals surface area contributed by atoms with Crippen LogP contribution in [0.25, 0.3) is 0 Å². The van der Waals surface area contributed by atoms with Gasteiger partial charge in [0.05, 0.1) is 20.3 Å². The fourth-order valence-electron chi connectivity index (χ4n) is 2.29. The van der Waals surface area contributed by atoms with E-state index in [0.29, 0.717) is 12.2 Å². The van der Waals surface area contributed by atoms with Gasteiger partial charge in [0.2, 0.25) is 0 Å². The van der Waals surface area contributed by atoms with Crippen molar-refractivity contribution in [3.05, 3.63) is 23.8 Å². The molecule has 0 saturated heterocycles. The first-order valence-electron chi connectivity index (χ1n) is 7.83. The highest BCUT2D eigenvalue weighted by Gasteiger charge is 2.13. The monoisotopic (exact) mass is 295 g/mol. The fraction of sp³-hybridized carbons (Fsp3) is 0.647. The molecule has 1 unspecified atom stereocenters. The number of benzene rings is 1. The average Bonchev–Trinajstić information content (AvgIpc) is 2.53. The molecule has 0 aliphatic rings.